The second-order valence-corrected chi connectivity index (χ2v) is 5.76. The summed E-state index contributed by atoms with van der Waals surface area (Å²) in [5.41, 5.74) is 2.17. The van der Waals surface area contributed by atoms with E-state index in [0.717, 1.165) is 12.0 Å². The van der Waals surface area contributed by atoms with Gasteiger partial charge in [-0.2, -0.15) is 0 Å². The number of nitrogens with one attached hydrogen (secondary N) is 1. The predicted octanol–water partition coefficient (Wildman–Crippen LogP) is 3.45. The lowest BCUT2D eigenvalue weighted by molar-refractivity contribution is -0.120. The van der Waals surface area contributed by atoms with Gasteiger partial charge in [0.05, 0.1) is 11.3 Å². The second kappa shape index (κ2) is 6.65. The lowest BCUT2D eigenvalue weighted by atomic mass is 10.1. The smallest absolute Gasteiger partial charge is 0.256 e. The van der Waals surface area contributed by atoms with Crippen LogP contribution in [0.5, 0.6) is 0 Å². The molecule has 0 spiro atoms. The van der Waals surface area contributed by atoms with Crippen LogP contribution < -0.4 is 5.32 Å². The molecule has 118 valence electrons. The summed E-state index contributed by atoms with van der Waals surface area (Å²) in [6, 6.07) is 16.5. The van der Waals surface area contributed by atoms with Crippen molar-refractivity contribution >= 4 is 17.5 Å². The predicted molar refractivity (Wildman–Crippen MR) is 90.1 cm³/mol. The maximum atomic E-state index is 13.0. The first-order valence-corrected chi connectivity index (χ1v) is 7.95. The Morgan fingerprint density at radius 2 is 1.70 bits per heavy atom. The largest absolute Gasteiger partial charge is 0.324 e. The van der Waals surface area contributed by atoms with E-state index in [-0.39, 0.29) is 11.8 Å². The van der Waals surface area contributed by atoms with Crippen LogP contribution in [0.3, 0.4) is 0 Å². The van der Waals surface area contributed by atoms with Gasteiger partial charge in [0.2, 0.25) is 5.91 Å². The summed E-state index contributed by atoms with van der Waals surface area (Å²) in [7, 11) is 0. The molecule has 2 amide bonds. The fourth-order valence-electron chi connectivity index (χ4n) is 2.95. The fourth-order valence-corrected chi connectivity index (χ4v) is 2.95. The van der Waals surface area contributed by atoms with Crippen molar-refractivity contribution in [1.29, 1.82) is 0 Å². The fraction of sp³-hybridized carbons (Fsp3) is 0.263. The summed E-state index contributed by atoms with van der Waals surface area (Å²) in [4.78, 5) is 27.3. The lowest BCUT2D eigenvalue weighted by Crippen LogP contribution is -2.44. The number of amides is 2. The van der Waals surface area contributed by atoms with Crippen molar-refractivity contribution in [1.82, 2.24) is 4.90 Å². The van der Waals surface area contributed by atoms with Crippen molar-refractivity contribution in [3.63, 3.8) is 0 Å². The number of carbonyl (C=O) groups excluding carboxylic acids is 2. The summed E-state index contributed by atoms with van der Waals surface area (Å²) in [5, 5.41) is 2.90. The third kappa shape index (κ3) is 3.11. The molecule has 0 aromatic heterocycles. The number of benzene rings is 2. The van der Waals surface area contributed by atoms with Crippen molar-refractivity contribution in [3.8, 4) is 0 Å². The lowest BCUT2D eigenvalue weighted by Gasteiger charge is -2.28. The van der Waals surface area contributed by atoms with Crippen molar-refractivity contribution in [2.45, 2.75) is 32.4 Å². The SMILES string of the molecule is CCCC1C(=O)Nc2ccccc2C(=O)N1Cc1ccccc1. The zero-order chi connectivity index (χ0) is 16.2. The first kappa shape index (κ1) is 15.3. The number of anilines is 1. The Kier molecular flexibility index (Phi) is 4.42. The quantitative estimate of drug-likeness (QED) is 0.940. The Balaban J connectivity index is 2.00. The maximum Gasteiger partial charge on any atom is 0.256 e. The number of para-hydroxylation sites is 1. The van der Waals surface area contributed by atoms with Crippen molar-refractivity contribution in [3.05, 3.63) is 65.7 Å². The van der Waals surface area contributed by atoms with Crippen LogP contribution in [0, 0.1) is 0 Å². The van der Waals surface area contributed by atoms with Crippen LogP contribution in [0.1, 0.15) is 35.7 Å². The van der Waals surface area contributed by atoms with Gasteiger partial charge in [-0.3, -0.25) is 9.59 Å². The minimum Gasteiger partial charge on any atom is -0.324 e. The molecule has 0 fully saturated rings. The summed E-state index contributed by atoms with van der Waals surface area (Å²) < 4.78 is 0. The highest BCUT2D eigenvalue weighted by atomic mass is 16.2. The van der Waals surface area contributed by atoms with Crippen molar-refractivity contribution in [2.75, 3.05) is 5.32 Å². The van der Waals surface area contributed by atoms with Gasteiger partial charge < -0.3 is 10.2 Å². The van der Waals surface area contributed by atoms with Crippen LogP contribution in [0.2, 0.25) is 0 Å². The van der Waals surface area contributed by atoms with E-state index in [1.54, 1.807) is 17.0 Å². The summed E-state index contributed by atoms with van der Waals surface area (Å²) in [6.45, 7) is 2.46. The van der Waals surface area contributed by atoms with Gasteiger partial charge >= 0.3 is 0 Å². The van der Waals surface area contributed by atoms with Gasteiger partial charge in [-0.1, -0.05) is 55.8 Å². The normalized spacial score (nSPS) is 17.4. The topological polar surface area (TPSA) is 49.4 Å². The molecule has 1 heterocycles. The van der Waals surface area contributed by atoms with Gasteiger partial charge in [0.25, 0.3) is 5.91 Å². The van der Waals surface area contributed by atoms with E-state index >= 15 is 0 Å². The van der Waals surface area contributed by atoms with Crippen LogP contribution in [0.15, 0.2) is 54.6 Å². The molecular formula is C19H20N2O2. The Morgan fingerprint density at radius 3 is 2.43 bits per heavy atom. The molecule has 3 rings (SSSR count). The van der Waals surface area contributed by atoms with E-state index in [1.165, 1.54) is 0 Å². The Hall–Kier alpha value is -2.62. The van der Waals surface area contributed by atoms with E-state index < -0.39 is 6.04 Å². The molecule has 4 heteroatoms. The minimum absolute atomic E-state index is 0.0961. The van der Waals surface area contributed by atoms with Gasteiger partial charge in [-0.15, -0.1) is 0 Å². The number of fused-ring (bicyclic) bond motifs is 1. The van der Waals surface area contributed by atoms with Crippen LogP contribution in [-0.4, -0.2) is 22.8 Å². The molecule has 1 N–H and O–H groups in total. The Labute approximate surface area is 136 Å². The third-order valence-corrected chi connectivity index (χ3v) is 4.11. The third-order valence-electron chi connectivity index (χ3n) is 4.11. The van der Waals surface area contributed by atoms with Crippen LogP contribution in [-0.2, 0) is 11.3 Å². The monoisotopic (exact) mass is 308 g/mol. The highest BCUT2D eigenvalue weighted by Gasteiger charge is 2.34. The molecule has 0 saturated carbocycles. The summed E-state index contributed by atoms with van der Waals surface area (Å²) in [5.74, 6) is -0.206. The summed E-state index contributed by atoms with van der Waals surface area (Å²) >= 11 is 0. The van der Waals surface area contributed by atoms with E-state index in [0.29, 0.717) is 24.2 Å². The van der Waals surface area contributed by atoms with Crippen molar-refractivity contribution < 1.29 is 9.59 Å². The van der Waals surface area contributed by atoms with Crippen LogP contribution in [0.25, 0.3) is 0 Å². The van der Waals surface area contributed by atoms with Gasteiger partial charge in [0.15, 0.2) is 0 Å². The summed E-state index contributed by atoms with van der Waals surface area (Å²) in [6.07, 6.45) is 1.49. The number of nitrogens with zero attached hydrogens (tertiary/aromatic N) is 1. The molecule has 2 aromatic carbocycles. The van der Waals surface area contributed by atoms with Gasteiger partial charge in [0, 0.05) is 6.54 Å². The van der Waals surface area contributed by atoms with Gasteiger partial charge in [-0.05, 0) is 24.1 Å². The highest BCUT2D eigenvalue weighted by Crippen LogP contribution is 2.26. The molecule has 1 unspecified atom stereocenters. The van der Waals surface area contributed by atoms with Gasteiger partial charge in [-0.25, -0.2) is 0 Å². The zero-order valence-corrected chi connectivity index (χ0v) is 13.2. The van der Waals surface area contributed by atoms with E-state index in [1.807, 2.05) is 49.4 Å². The average molecular weight is 308 g/mol. The van der Waals surface area contributed by atoms with Crippen molar-refractivity contribution in [2.24, 2.45) is 0 Å². The molecule has 0 aliphatic carbocycles. The molecular weight excluding hydrogens is 288 g/mol. The molecule has 0 saturated heterocycles. The molecule has 2 aromatic rings. The van der Waals surface area contributed by atoms with Crippen LogP contribution in [0.4, 0.5) is 5.69 Å². The molecule has 1 atom stereocenters. The first-order chi connectivity index (χ1) is 11.2. The molecule has 1 aliphatic heterocycles. The van der Waals surface area contributed by atoms with Gasteiger partial charge in [0.1, 0.15) is 6.04 Å². The molecule has 0 radical (unpaired) electrons. The van der Waals surface area contributed by atoms with E-state index in [4.69, 9.17) is 0 Å². The van der Waals surface area contributed by atoms with E-state index in [9.17, 15) is 9.59 Å². The molecule has 1 aliphatic rings. The standard InChI is InChI=1S/C19H20N2O2/c1-2-8-17-18(22)20-16-12-7-6-11-15(16)19(23)21(17)13-14-9-4-3-5-10-14/h3-7,9-12,17H,2,8,13H2,1H3,(H,20,22). The molecule has 4 nitrogen and oxygen atoms in total. The number of rotatable bonds is 4. The number of carbonyl (C=O) groups is 2. The van der Waals surface area contributed by atoms with Crippen LogP contribution >= 0.6 is 0 Å². The minimum atomic E-state index is -0.444. The molecule has 23 heavy (non-hydrogen) atoms. The number of hydrogen-bond donors (Lipinski definition) is 1. The molecule has 0 bridgehead atoms. The maximum absolute atomic E-state index is 13.0. The van der Waals surface area contributed by atoms with E-state index in [2.05, 4.69) is 5.32 Å². The first-order valence-electron chi connectivity index (χ1n) is 7.95. The number of hydrogen-bond acceptors (Lipinski definition) is 2. The highest BCUT2D eigenvalue weighted by molar-refractivity contribution is 6.09. The zero-order valence-electron chi connectivity index (χ0n) is 13.2. The Morgan fingerprint density at radius 1 is 1.00 bits per heavy atom. The Bertz CT molecular complexity index is 712. The second-order valence-electron chi connectivity index (χ2n) is 5.76. The average Bonchev–Trinajstić information content (AvgIpc) is 2.67.